The third kappa shape index (κ3) is 2.97. The van der Waals surface area contributed by atoms with Gasteiger partial charge in [-0.1, -0.05) is 23.7 Å². The lowest BCUT2D eigenvalue weighted by Crippen LogP contribution is -2.01. The molecule has 4 nitrogen and oxygen atoms in total. The number of hydrogen-bond donors (Lipinski definition) is 1. The average molecular weight is 264 g/mol. The van der Waals surface area contributed by atoms with Gasteiger partial charge >= 0.3 is 0 Å². The van der Waals surface area contributed by atoms with Crippen LogP contribution in [0.3, 0.4) is 0 Å². The lowest BCUT2D eigenvalue weighted by Gasteiger charge is -2.07. The van der Waals surface area contributed by atoms with E-state index in [1.54, 1.807) is 7.11 Å². The lowest BCUT2D eigenvalue weighted by molar-refractivity contribution is 0.181. The number of aromatic nitrogens is 2. The number of nitrogens with one attached hydrogen (secondary N) is 1. The molecular formula is C13H14ClN3O. The van der Waals surface area contributed by atoms with Crippen LogP contribution in [0.1, 0.15) is 5.69 Å². The van der Waals surface area contributed by atoms with Crippen molar-refractivity contribution in [3.8, 4) is 11.4 Å². The van der Waals surface area contributed by atoms with Crippen LogP contribution in [0.2, 0.25) is 5.02 Å². The van der Waals surface area contributed by atoms with Gasteiger partial charge in [0.05, 0.1) is 12.3 Å². The van der Waals surface area contributed by atoms with E-state index in [0.29, 0.717) is 17.5 Å². The summed E-state index contributed by atoms with van der Waals surface area (Å²) in [6.45, 7) is 0.449. The molecule has 5 heteroatoms. The van der Waals surface area contributed by atoms with Crippen LogP contribution in [0.5, 0.6) is 0 Å². The summed E-state index contributed by atoms with van der Waals surface area (Å²) in [4.78, 5) is 8.86. The van der Waals surface area contributed by atoms with Crippen LogP contribution in [-0.4, -0.2) is 24.1 Å². The van der Waals surface area contributed by atoms with Gasteiger partial charge in [-0.25, -0.2) is 9.97 Å². The molecule has 0 aliphatic rings. The second kappa shape index (κ2) is 5.80. The number of nitrogens with zero attached hydrogens (tertiary/aromatic N) is 2. The molecule has 2 aromatic rings. The van der Waals surface area contributed by atoms with Crippen LogP contribution in [0.25, 0.3) is 11.4 Å². The highest BCUT2D eigenvalue weighted by atomic mass is 35.5. The molecule has 0 saturated heterocycles. The smallest absolute Gasteiger partial charge is 0.161 e. The standard InChI is InChI=1S/C13H14ClN3O/c1-15-12-7-11(8-18-2)16-13(17-12)9-4-3-5-10(14)6-9/h3-7H,8H2,1-2H3,(H,15,16,17). The monoisotopic (exact) mass is 263 g/mol. The summed E-state index contributed by atoms with van der Waals surface area (Å²) in [5.74, 6) is 1.39. The van der Waals surface area contributed by atoms with Crippen molar-refractivity contribution in [1.29, 1.82) is 0 Å². The largest absolute Gasteiger partial charge is 0.378 e. The molecule has 18 heavy (non-hydrogen) atoms. The van der Waals surface area contributed by atoms with E-state index in [9.17, 15) is 0 Å². The van der Waals surface area contributed by atoms with Crippen LogP contribution in [0, 0.1) is 0 Å². The van der Waals surface area contributed by atoms with Gasteiger partial charge in [-0.15, -0.1) is 0 Å². The molecule has 1 aromatic heterocycles. The Hall–Kier alpha value is -1.65. The molecule has 0 bridgehead atoms. The van der Waals surface area contributed by atoms with E-state index in [4.69, 9.17) is 16.3 Å². The van der Waals surface area contributed by atoms with E-state index in [1.165, 1.54) is 0 Å². The van der Waals surface area contributed by atoms with Crippen molar-refractivity contribution in [3.63, 3.8) is 0 Å². The second-order valence-electron chi connectivity index (χ2n) is 3.76. The Kier molecular flexibility index (Phi) is 4.12. The summed E-state index contributed by atoms with van der Waals surface area (Å²) in [5.41, 5.74) is 1.71. The van der Waals surface area contributed by atoms with Crippen molar-refractivity contribution in [3.05, 3.63) is 41.0 Å². The summed E-state index contributed by atoms with van der Waals surface area (Å²) in [5, 5.41) is 3.68. The number of halogens is 1. The molecule has 1 heterocycles. The number of hydrogen-bond acceptors (Lipinski definition) is 4. The van der Waals surface area contributed by atoms with E-state index in [-0.39, 0.29) is 0 Å². The Morgan fingerprint density at radius 1 is 1.28 bits per heavy atom. The minimum atomic E-state index is 0.449. The van der Waals surface area contributed by atoms with Gasteiger partial charge < -0.3 is 10.1 Å². The second-order valence-corrected chi connectivity index (χ2v) is 4.20. The molecule has 0 spiro atoms. The summed E-state index contributed by atoms with van der Waals surface area (Å²) in [6.07, 6.45) is 0. The number of rotatable bonds is 4. The van der Waals surface area contributed by atoms with Crippen molar-refractivity contribution in [2.24, 2.45) is 0 Å². The SMILES string of the molecule is CNc1cc(COC)nc(-c2cccc(Cl)c2)n1. The molecule has 0 aliphatic heterocycles. The minimum absolute atomic E-state index is 0.449. The van der Waals surface area contributed by atoms with Gasteiger partial charge in [0.25, 0.3) is 0 Å². The molecular weight excluding hydrogens is 250 g/mol. The zero-order chi connectivity index (χ0) is 13.0. The van der Waals surface area contributed by atoms with Gasteiger partial charge in [0.1, 0.15) is 5.82 Å². The summed E-state index contributed by atoms with van der Waals surface area (Å²) >= 11 is 5.97. The Labute approximate surface area is 111 Å². The molecule has 0 saturated carbocycles. The fraction of sp³-hybridized carbons (Fsp3) is 0.231. The first-order chi connectivity index (χ1) is 8.72. The Morgan fingerprint density at radius 3 is 2.78 bits per heavy atom. The van der Waals surface area contributed by atoms with Crippen molar-refractivity contribution < 1.29 is 4.74 Å². The molecule has 0 atom stereocenters. The van der Waals surface area contributed by atoms with Gasteiger partial charge in [-0.05, 0) is 12.1 Å². The Bertz CT molecular complexity index is 546. The van der Waals surface area contributed by atoms with E-state index in [2.05, 4.69) is 15.3 Å². The normalized spacial score (nSPS) is 10.4. The summed E-state index contributed by atoms with van der Waals surface area (Å²) in [7, 11) is 3.46. The predicted molar refractivity (Wildman–Crippen MR) is 72.7 cm³/mol. The van der Waals surface area contributed by atoms with Crippen molar-refractivity contribution in [1.82, 2.24) is 9.97 Å². The molecule has 0 unspecified atom stereocenters. The number of ether oxygens (including phenoxy) is 1. The number of benzene rings is 1. The minimum Gasteiger partial charge on any atom is -0.378 e. The predicted octanol–water partition coefficient (Wildman–Crippen LogP) is 2.99. The first-order valence-electron chi connectivity index (χ1n) is 5.53. The van der Waals surface area contributed by atoms with Gasteiger partial charge in [0.15, 0.2) is 5.82 Å². The van der Waals surface area contributed by atoms with Gasteiger partial charge in [0.2, 0.25) is 0 Å². The fourth-order valence-electron chi connectivity index (χ4n) is 1.60. The molecule has 0 amide bonds. The van der Waals surface area contributed by atoms with Crippen LogP contribution in [-0.2, 0) is 11.3 Å². The van der Waals surface area contributed by atoms with Crippen molar-refractivity contribution in [2.45, 2.75) is 6.61 Å². The number of methoxy groups -OCH3 is 1. The summed E-state index contributed by atoms with van der Waals surface area (Å²) < 4.78 is 5.10. The quantitative estimate of drug-likeness (QED) is 0.921. The van der Waals surface area contributed by atoms with Crippen LogP contribution in [0.15, 0.2) is 30.3 Å². The third-order valence-corrected chi connectivity index (χ3v) is 2.65. The first kappa shape index (κ1) is 12.8. The Balaban J connectivity index is 2.46. The van der Waals surface area contributed by atoms with E-state index < -0.39 is 0 Å². The van der Waals surface area contributed by atoms with E-state index in [1.807, 2.05) is 37.4 Å². The zero-order valence-corrected chi connectivity index (χ0v) is 11.0. The Morgan fingerprint density at radius 2 is 2.11 bits per heavy atom. The highest BCUT2D eigenvalue weighted by molar-refractivity contribution is 6.30. The third-order valence-electron chi connectivity index (χ3n) is 2.41. The summed E-state index contributed by atoms with van der Waals surface area (Å²) in [6, 6.07) is 9.33. The molecule has 0 fully saturated rings. The van der Waals surface area contributed by atoms with Crippen LogP contribution < -0.4 is 5.32 Å². The highest BCUT2D eigenvalue weighted by Gasteiger charge is 2.06. The zero-order valence-electron chi connectivity index (χ0n) is 10.3. The maximum absolute atomic E-state index is 5.97. The molecule has 94 valence electrons. The molecule has 0 aliphatic carbocycles. The molecule has 2 rings (SSSR count). The van der Waals surface area contributed by atoms with Gasteiger partial charge in [0, 0.05) is 30.8 Å². The molecule has 1 N–H and O–H groups in total. The van der Waals surface area contributed by atoms with E-state index in [0.717, 1.165) is 17.1 Å². The van der Waals surface area contributed by atoms with Gasteiger partial charge in [-0.3, -0.25) is 0 Å². The van der Waals surface area contributed by atoms with Gasteiger partial charge in [-0.2, -0.15) is 0 Å². The molecule has 0 radical (unpaired) electrons. The maximum Gasteiger partial charge on any atom is 0.161 e. The average Bonchev–Trinajstić information content (AvgIpc) is 2.39. The first-order valence-corrected chi connectivity index (χ1v) is 5.91. The van der Waals surface area contributed by atoms with E-state index >= 15 is 0 Å². The number of anilines is 1. The lowest BCUT2D eigenvalue weighted by atomic mass is 10.2. The molecule has 1 aromatic carbocycles. The van der Waals surface area contributed by atoms with Crippen LogP contribution >= 0.6 is 11.6 Å². The van der Waals surface area contributed by atoms with Crippen molar-refractivity contribution in [2.75, 3.05) is 19.5 Å². The van der Waals surface area contributed by atoms with Crippen molar-refractivity contribution >= 4 is 17.4 Å². The highest BCUT2D eigenvalue weighted by Crippen LogP contribution is 2.21. The maximum atomic E-state index is 5.97. The fourth-order valence-corrected chi connectivity index (χ4v) is 1.79. The topological polar surface area (TPSA) is 47.0 Å². The van der Waals surface area contributed by atoms with Crippen LogP contribution in [0.4, 0.5) is 5.82 Å².